The summed E-state index contributed by atoms with van der Waals surface area (Å²) in [6, 6.07) is 12.7. The highest BCUT2D eigenvalue weighted by atomic mass is 127. The fourth-order valence-electron chi connectivity index (χ4n) is 2.66. The van der Waals surface area contributed by atoms with Crippen molar-refractivity contribution in [1.29, 1.82) is 0 Å². The zero-order chi connectivity index (χ0) is 20.5. The highest BCUT2D eigenvalue weighted by Gasteiger charge is 2.12. The molecule has 9 heteroatoms. The van der Waals surface area contributed by atoms with Gasteiger partial charge in [-0.3, -0.25) is 4.99 Å². The molecular weight excluding hydrogens is 495 g/mol. The van der Waals surface area contributed by atoms with Gasteiger partial charge in [0.2, 0.25) is 0 Å². The number of halogens is 3. The van der Waals surface area contributed by atoms with Gasteiger partial charge in [0, 0.05) is 27.2 Å². The lowest BCUT2D eigenvalue weighted by molar-refractivity contribution is -0.0512. The van der Waals surface area contributed by atoms with Crippen molar-refractivity contribution >= 4 is 29.9 Å². The van der Waals surface area contributed by atoms with Crippen LogP contribution < -0.4 is 19.5 Å². The molecule has 0 unspecified atom stereocenters. The fraction of sp³-hybridized carbons (Fsp3) is 0.350. The number of nitrogens with zero attached hydrogens (tertiary/aromatic N) is 2. The number of nitrogens with one attached hydrogen (secondary N) is 1. The van der Waals surface area contributed by atoms with Gasteiger partial charge >= 0.3 is 6.61 Å². The Morgan fingerprint density at radius 3 is 2.24 bits per heavy atom. The van der Waals surface area contributed by atoms with Crippen molar-refractivity contribution in [2.75, 3.05) is 28.3 Å². The Morgan fingerprint density at radius 2 is 1.69 bits per heavy atom. The predicted octanol–water partition coefficient (Wildman–Crippen LogP) is 4.13. The van der Waals surface area contributed by atoms with Crippen molar-refractivity contribution in [3.63, 3.8) is 0 Å². The average Bonchev–Trinajstić information content (AvgIpc) is 2.68. The number of benzene rings is 2. The molecule has 0 bridgehead atoms. The van der Waals surface area contributed by atoms with Gasteiger partial charge in [-0.2, -0.15) is 8.78 Å². The summed E-state index contributed by atoms with van der Waals surface area (Å²) in [5.74, 6) is 1.72. The Kier molecular flexibility index (Phi) is 10.5. The molecule has 0 atom stereocenters. The van der Waals surface area contributed by atoms with Gasteiger partial charge in [0.25, 0.3) is 0 Å². The highest BCUT2D eigenvalue weighted by molar-refractivity contribution is 14.0. The molecule has 2 rings (SSSR count). The summed E-state index contributed by atoms with van der Waals surface area (Å²) in [5, 5.41) is 3.21. The lowest BCUT2D eigenvalue weighted by Crippen LogP contribution is -2.38. The largest absolute Gasteiger partial charge is 0.497 e. The smallest absolute Gasteiger partial charge is 0.387 e. The first-order valence-corrected chi connectivity index (χ1v) is 8.63. The Balaban J connectivity index is 0.00000420. The van der Waals surface area contributed by atoms with E-state index in [0.717, 1.165) is 16.9 Å². The molecule has 0 aliphatic heterocycles. The van der Waals surface area contributed by atoms with E-state index in [9.17, 15) is 8.78 Å². The summed E-state index contributed by atoms with van der Waals surface area (Å²) >= 11 is 0. The third kappa shape index (κ3) is 7.56. The van der Waals surface area contributed by atoms with Crippen LogP contribution in [-0.2, 0) is 13.1 Å². The van der Waals surface area contributed by atoms with Gasteiger partial charge in [-0.1, -0.05) is 18.2 Å². The maximum absolute atomic E-state index is 12.6. The molecule has 0 aromatic heterocycles. The van der Waals surface area contributed by atoms with Crippen LogP contribution in [0, 0.1) is 0 Å². The van der Waals surface area contributed by atoms with Crippen LogP contribution in [0.15, 0.2) is 47.5 Å². The van der Waals surface area contributed by atoms with Gasteiger partial charge in [-0.05, 0) is 35.4 Å². The molecule has 0 aliphatic carbocycles. The van der Waals surface area contributed by atoms with Crippen LogP contribution in [0.2, 0.25) is 0 Å². The molecule has 2 aromatic rings. The van der Waals surface area contributed by atoms with E-state index in [1.165, 1.54) is 13.2 Å². The van der Waals surface area contributed by atoms with E-state index >= 15 is 0 Å². The summed E-state index contributed by atoms with van der Waals surface area (Å²) in [6.07, 6.45) is 0. The summed E-state index contributed by atoms with van der Waals surface area (Å²) in [5.41, 5.74) is 1.86. The van der Waals surface area contributed by atoms with Crippen molar-refractivity contribution in [3.8, 4) is 17.2 Å². The van der Waals surface area contributed by atoms with Crippen LogP contribution in [-0.4, -0.2) is 45.8 Å². The highest BCUT2D eigenvalue weighted by Crippen LogP contribution is 2.29. The van der Waals surface area contributed by atoms with E-state index in [4.69, 9.17) is 9.47 Å². The molecule has 160 valence electrons. The van der Waals surface area contributed by atoms with E-state index in [1.807, 2.05) is 36.2 Å². The maximum atomic E-state index is 12.6. The SMILES string of the molecule is CN=C(NCc1ccc(OC)c(OC(F)F)c1)N(C)Cc1ccc(OC)cc1.I. The number of alkyl halides is 2. The number of guanidine groups is 1. The van der Waals surface area contributed by atoms with Crippen molar-refractivity contribution in [2.24, 2.45) is 4.99 Å². The molecular formula is C20H26F2IN3O3. The quantitative estimate of drug-likeness (QED) is 0.322. The molecule has 2 aromatic carbocycles. The second-order valence-electron chi connectivity index (χ2n) is 5.97. The molecule has 0 saturated heterocycles. The molecule has 6 nitrogen and oxygen atoms in total. The summed E-state index contributed by atoms with van der Waals surface area (Å²) in [4.78, 5) is 6.23. The molecule has 0 amide bonds. The van der Waals surface area contributed by atoms with Gasteiger partial charge in [-0.25, -0.2) is 0 Å². The molecule has 29 heavy (non-hydrogen) atoms. The standard InChI is InChI=1S/C20H25F2N3O3.HI/c1-23-20(25(2)13-14-5-8-16(26-3)9-6-14)24-12-15-7-10-17(27-4)18(11-15)28-19(21)22;/h5-11,19H,12-13H2,1-4H3,(H,23,24);1H. The Morgan fingerprint density at radius 1 is 1.03 bits per heavy atom. The fourth-order valence-corrected chi connectivity index (χ4v) is 2.66. The van der Waals surface area contributed by atoms with Crippen molar-refractivity contribution in [2.45, 2.75) is 19.7 Å². The summed E-state index contributed by atoms with van der Waals surface area (Å²) in [6.45, 7) is -1.88. The number of hydrogen-bond acceptors (Lipinski definition) is 4. The first-order valence-electron chi connectivity index (χ1n) is 8.63. The topological polar surface area (TPSA) is 55.3 Å². The number of ether oxygens (including phenoxy) is 3. The van der Waals surface area contributed by atoms with Crippen LogP contribution in [0.1, 0.15) is 11.1 Å². The maximum Gasteiger partial charge on any atom is 0.387 e. The van der Waals surface area contributed by atoms with Crippen molar-refractivity contribution in [1.82, 2.24) is 10.2 Å². The van der Waals surface area contributed by atoms with E-state index in [-0.39, 0.29) is 35.5 Å². The normalized spacial score (nSPS) is 10.9. The molecule has 0 aliphatic rings. The zero-order valence-electron chi connectivity index (χ0n) is 16.8. The Hall–Kier alpha value is -2.30. The number of hydrogen-bond donors (Lipinski definition) is 1. The second kappa shape index (κ2) is 12.3. The van der Waals surface area contributed by atoms with Gasteiger partial charge in [0.1, 0.15) is 5.75 Å². The monoisotopic (exact) mass is 521 g/mol. The molecule has 0 spiro atoms. The van der Waals surface area contributed by atoms with E-state index in [0.29, 0.717) is 19.0 Å². The molecule has 0 radical (unpaired) electrons. The van der Waals surface area contributed by atoms with Crippen LogP contribution in [0.3, 0.4) is 0 Å². The third-order valence-electron chi connectivity index (χ3n) is 4.05. The first kappa shape index (κ1) is 24.7. The minimum Gasteiger partial charge on any atom is -0.497 e. The van der Waals surface area contributed by atoms with Crippen molar-refractivity contribution in [3.05, 3.63) is 53.6 Å². The van der Waals surface area contributed by atoms with Crippen LogP contribution in [0.5, 0.6) is 17.2 Å². The lowest BCUT2D eigenvalue weighted by atomic mass is 10.2. The van der Waals surface area contributed by atoms with E-state index in [1.54, 1.807) is 26.3 Å². The van der Waals surface area contributed by atoms with Gasteiger partial charge in [0.05, 0.1) is 14.2 Å². The first-order chi connectivity index (χ1) is 13.5. The van der Waals surface area contributed by atoms with Crippen LogP contribution in [0.4, 0.5) is 8.78 Å². The average molecular weight is 521 g/mol. The van der Waals surface area contributed by atoms with Gasteiger partial charge in [-0.15, -0.1) is 24.0 Å². The van der Waals surface area contributed by atoms with Gasteiger partial charge in [0.15, 0.2) is 17.5 Å². The molecule has 0 saturated carbocycles. The molecule has 1 N–H and O–H groups in total. The summed E-state index contributed by atoms with van der Waals surface area (Å²) in [7, 11) is 6.64. The zero-order valence-corrected chi connectivity index (χ0v) is 19.1. The Bertz CT molecular complexity index is 789. The van der Waals surface area contributed by atoms with E-state index < -0.39 is 6.61 Å². The van der Waals surface area contributed by atoms with Crippen LogP contribution in [0.25, 0.3) is 0 Å². The minimum absolute atomic E-state index is 0. The molecule has 0 heterocycles. The number of aliphatic imine (C=N–C) groups is 1. The minimum atomic E-state index is -2.92. The lowest BCUT2D eigenvalue weighted by Gasteiger charge is -2.22. The third-order valence-corrected chi connectivity index (χ3v) is 4.05. The number of rotatable bonds is 8. The second-order valence-corrected chi connectivity index (χ2v) is 5.97. The molecule has 0 fully saturated rings. The van der Waals surface area contributed by atoms with Crippen molar-refractivity contribution < 1.29 is 23.0 Å². The predicted molar refractivity (Wildman–Crippen MR) is 120 cm³/mol. The van der Waals surface area contributed by atoms with Gasteiger partial charge < -0.3 is 24.4 Å². The Labute approximate surface area is 186 Å². The van der Waals surface area contributed by atoms with Crippen LogP contribution >= 0.6 is 24.0 Å². The van der Waals surface area contributed by atoms with E-state index in [2.05, 4.69) is 15.0 Å². The summed E-state index contributed by atoms with van der Waals surface area (Å²) < 4.78 is 39.9. The number of methoxy groups -OCH3 is 2.